The number of carbonyl (C=O) groups excluding carboxylic acids is 2. The maximum absolute atomic E-state index is 12.2. The summed E-state index contributed by atoms with van der Waals surface area (Å²) >= 11 is 0. The molecule has 0 aromatic carbocycles. The molecule has 0 bridgehead atoms. The van der Waals surface area contributed by atoms with Gasteiger partial charge in [0.25, 0.3) is 0 Å². The topological polar surface area (TPSA) is 49.4 Å². The fourth-order valence-electron chi connectivity index (χ4n) is 2.11. The van der Waals surface area contributed by atoms with Crippen LogP contribution in [0.1, 0.15) is 47.5 Å². The van der Waals surface area contributed by atoms with Crippen molar-refractivity contribution in [3.8, 4) is 0 Å². The van der Waals surface area contributed by atoms with Crippen LogP contribution in [0.5, 0.6) is 0 Å². The van der Waals surface area contributed by atoms with Gasteiger partial charge in [-0.1, -0.05) is 20.8 Å². The monoisotopic (exact) mass is 240 g/mol. The van der Waals surface area contributed by atoms with E-state index in [1.807, 2.05) is 13.8 Å². The molecule has 4 heteroatoms. The zero-order valence-electron chi connectivity index (χ0n) is 11.5. The molecule has 2 atom stereocenters. The van der Waals surface area contributed by atoms with Crippen molar-refractivity contribution in [2.24, 2.45) is 5.92 Å². The molecule has 1 fully saturated rings. The minimum Gasteiger partial charge on any atom is -0.343 e. The summed E-state index contributed by atoms with van der Waals surface area (Å²) in [5, 5.41) is 2.76. The van der Waals surface area contributed by atoms with Gasteiger partial charge >= 0.3 is 0 Å². The largest absolute Gasteiger partial charge is 0.343 e. The first-order valence-corrected chi connectivity index (χ1v) is 6.45. The fourth-order valence-corrected chi connectivity index (χ4v) is 2.11. The molecular formula is C13H24N2O2. The van der Waals surface area contributed by atoms with Crippen LogP contribution in [0.25, 0.3) is 0 Å². The average molecular weight is 240 g/mol. The highest BCUT2D eigenvalue weighted by atomic mass is 16.2. The van der Waals surface area contributed by atoms with Gasteiger partial charge in [0.1, 0.15) is 11.6 Å². The van der Waals surface area contributed by atoms with E-state index >= 15 is 0 Å². The van der Waals surface area contributed by atoms with Crippen molar-refractivity contribution in [3.05, 3.63) is 0 Å². The van der Waals surface area contributed by atoms with E-state index in [-0.39, 0.29) is 11.8 Å². The van der Waals surface area contributed by atoms with E-state index in [4.69, 9.17) is 0 Å². The maximum Gasteiger partial charge on any atom is 0.246 e. The molecule has 0 radical (unpaired) electrons. The first-order chi connectivity index (χ1) is 7.82. The number of nitrogens with zero attached hydrogens (tertiary/aromatic N) is 1. The van der Waals surface area contributed by atoms with Crippen molar-refractivity contribution < 1.29 is 9.59 Å². The van der Waals surface area contributed by atoms with Gasteiger partial charge in [0.15, 0.2) is 0 Å². The summed E-state index contributed by atoms with van der Waals surface area (Å²) in [7, 11) is 0. The van der Waals surface area contributed by atoms with Gasteiger partial charge in [-0.2, -0.15) is 0 Å². The van der Waals surface area contributed by atoms with Crippen LogP contribution in [0.2, 0.25) is 0 Å². The van der Waals surface area contributed by atoms with Crippen LogP contribution in [-0.4, -0.2) is 34.8 Å². The molecule has 17 heavy (non-hydrogen) atoms. The summed E-state index contributed by atoms with van der Waals surface area (Å²) in [6.45, 7) is 10.5. The molecule has 1 rings (SSSR count). The van der Waals surface area contributed by atoms with Gasteiger partial charge in [0.2, 0.25) is 11.8 Å². The van der Waals surface area contributed by atoms with Crippen LogP contribution in [0, 0.1) is 5.92 Å². The number of hydrogen-bond donors (Lipinski definition) is 1. The predicted octanol–water partition coefficient (Wildman–Crippen LogP) is 1.55. The summed E-state index contributed by atoms with van der Waals surface area (Å²) < 4.78 is 0. The summed E-state index contributed by atoms with van der Waals surface area (Å²) in [5.41, 5.74) is -0.682. The molecule has 2 unspecified atom stereocenters. The summed E-state index contributed by atoms with van der Waals surface area (Å²) in [6, 6.07) is -0.394. The number of piperazine rings is 1. The Morgan fingerprint density at radius 2 is 2.00 bits per heavy atom. The van der Waals surface area contributed by atoms with Crippen molar-refractivity contribution in [1.82, 2.24) is 10.2 Å². The van der Waals surface area contributed by atoms with Crippen LogP contribution in [0.15, 0.2) is 0 Å². The van der Waals surface area contributed by atoms with Gasteiger partial charge in [-0.3, -0.25) is 9.59 Å². The molecule has 98 valence electrons. The third kappa shape index (κ3) is 2.61. The molecule has 1 N–H and O–H groups in total. The van der Waals surface area contributed by atoms with Crippen LogP contribution in [0.4, 0.5) is 0 Å². The van der Waals surface area contributed by atoms with E-state index in [0.717, 1.165) is 6.42 Å². The van der Waals surface area contributed by atoms with E-state index in [2.05, 4.69) is 19.2 Å². The van der Waals surface area contributed by atoms with Gasteiger partial charge < -0.3 is 10.2 Å². The lowest BCUT2D eigenvalue weighted by atomic mass is 9.90. The standard InChI is InChI=1S/C13H24N2O2/c1-6-13(5)12(17)14-10(4)11(16)15(13)8-7-9(2)3/h9-10H,6-8H2,1-5H3,(H,14,17). The number of hydrogen-bond acceptors (Lipinski definition) is 2. The molecule has 1 aliphatic heterocycles. The lowest BCUT2D eigenvalue weighted by molar-refractivity contribution is -0.156. The van der Waals surface area contributed by atoms with E-state index in [9.17, 15) is 9.59 Å². The smallest absolute Gasteiger partial charge is 0.246 e. The highest BCUT2D eigenvalue weighted by molar-refractivity contribution is 5.99. The Morgan fingerprint density at radius 1 is 1.41 bits per heavy atom. The van der Waals surface area contributed by atoms with E-state index < -0.39 is 11.6 Å². The molecular weight excluding hydrogens is 216 g/mol. The molecule has 1 aliphatic rings. The van der Waals surface area contributed by atoms with Crippen molar-refractivity contribution in [3.63, 3.8) is 0 Å². The highest BCUT2D eigenvalue weighted by Crippen LogP contribution is 2.25. The molecule has 1 saturated heterocycles. The normalized spacial score (nSPS) is 29.8. The van der Waals surface area contributed by atoms with Crippen molar-refractivity contribution in [2.75, 3.05) is 6.54 Å². The third-order valence-corrected chi connectivity index (χ3v) is 3.69. The predicted molar refractivity (Wildman–Crippen MR) is 67.5 cm³/mol. The Balaban J connectivity index is 2.91. The molecule has 0 spiro atoms. The van der Waals surface area contributed by atoms with Crippen LogP contribution >= 0.6 is 0 Å². The van der Waals surface area contributed by atoms with E-state index in [1.54, 1.807) is 11.8 Å². The highest BCUT2D eigenvalue weighted by Gasteiger charge is 2.46. The SMILES string of the molecule is CCC1(C)C(=O)NC(C)C(=O)N1CCC(C)C. The molecule has 0 aliphatic carbocycles. The van der Waals surface area contributed by atoms with E-state index in [0.29, 0.717) is 18.9 Å². The third-order valence-electron chi connectivity index (χ3n) is 3.69. The number of amides is 2. The Labute approximate surface area is 104 Å². The molecule has 2 amide bonds. The van der Waals surface area contributed by atoms with Gasteiger partial charge in [-0.25, -0.2) is 0 Å². The fraction of sp³-hybridized carbons (Fsp3) is 0.846. The molecule has 1 heterocycles. The second-order valence-corrected chi connectivity index (χ2v) is 5.49. The lowest BCUT2D eigenvalue weighted by Gasteiger charge is -2.45. The van der Waals surface area contributed by atoms with E-state index in [1.165, 1.54) is 0 Å². The maximum atomic E-state index is 12.2. The molecule has 0 saturated carbocycles. The average Bonchev–Trinajstić information content (AvgIpc) is 2.26. The van der Waals surface area contributed by atoms with Crippen molar-refractivity contribution in [2.45, 2.75) is 59.0 Å². The van der Waals surface area contributed by atoms with Gasteiger partial charge in [0.05, 0.1) is 0 Å². The second-order valence-electron chi connectivity index (χ2n) is 5.49. The van der Waals surface area contributed by atoms with Crippen LogP contribution in [0.3, 0.4) is 0 Å². The zero-order chi connectivity index (χ0) is 13.2. The van der Waals surface area contributed by atoms with Gasteiger partial charge in [-0.15, -0.1) is 0 Å². The molecule has 0 aromatic rings. The quantitative estimate of drug-likeness (QED) is 0.810. The second kappa shape index (κ2) is 5.07. The van der Waals surface area contributed by atoms with Gasteiger partial charge in [0, 0.05) is 6.54 Å². The van der Waals surface area contributed by atoms with Crippen molar-refractivity contribution >= 4 is 11.8 Å². The Morgan fingerprint density at radius 3 is 2.47 bits per heavy atom. The molecule has 4 nitrogen and oxygen atoms in total. The minimum absolute atomic E-state index is 0.0316. The molecule has 0 aromatic heterocycles. The van der Waals surface area contributed by atoms with Crippen LogP contribution in [-0.2, 0) is 9.59 Å². The lowest BCUT2D eigenvalue weighted by Crippen LogP contribution is -2.68. The summed E-state index contributed by atoms with van der Waals surface area (Å²) in [5.74, 6) is 0.537. The number of rotatable bonds is 4. The van der Waals surface area contributed by atoms with Crippen LogP contribution < -0.4 is 5.32 Å². The van der Waals surface area contributed by atoms with Crippen molar-refractivity contribution in [1.29, 1.82) is 0 Å². The zero-order valence-corrected chi connectivity index (χ0v) is 11.5. The summed E-state index contributed by atoms with van der Waals surface area (Å²) in [6.07, 6.45) is 1.58. The first kappa shape index (κ1) is 14.0. The Hall–Kier alpha value is -1.06. The van der Waals surface area contributed by atoms with Gasteiger partial charge in [-0.05, 0) is 32.6 Å². The Kier molecular flexibility index (Phi) is 4.17. The summed E-state index contributed by atoms with van der Waals surface area (Å²) in [4.78, 5) is 26.0. The minimum atomic E-state index is -0.682. The first-order valence-electron chi connectivity index (χ1n) is 6.45. The number of nitrogens with one attached hydrogen (secondary N) is 1. The number of carbonyl (C=O) groups is 2. The Bertz CT molecular complexity index is 315.